The molecule has 4 heterocycles. The van der Waals surface area contributed by atoms with E-state index in [4.69, 9.17) is 0 Å². The van der Waals surface area contributed by atoms with Gasteiger partial charge in [0, 0.05) is 48.7 Å². The van der Waals surface area contributed by atoms with Crippen LogP contribution in [0, 0.1) is 5.92 Å². The van der Waals surface area contributed by atoms with E-state index in [2.05, 4.69) is 43.2 Å². The summed E-state index contributed by atoms with van der Waals surface area (Å²) in [5.41, 5.74) is 2.71. The van der Waals surface area contributed by atoms with E-state index >= 15 is 0 Å². The highest BCUT2D eigenvalue weighted by molar-refractivity contribution is 7.09. The number of thiophene rings is 1. The number of fused-ring (bicyclic) bond motifs is 1. The summed E-state index contributed by atoms with van der Waals surface area (Å²) in [6.45, 7) is 5.71. The summed E-state index contributed by atoms with van der Waals surface area (Å²) in [6, 6.07) is 4.32. The first-order valence-corrected chi connectivity index (χ1v) is 9.97. The normalized spacial score (nSPS) is 18.2. The number of nitrogens with zero attached hydrogens (tertiary/aromatic N) is 2. The van der Waals surface area contributed by atoms with E-state index in [-0.39, 0.29) is 18.3 Å². The first-order valence-electron chi connectivity index (χ1n) is 9.09. The van der Waals surface area contributed by atoms with Crippen LogP contribution in [-0.4, -0.2) is 47.2 Å². The molecule has 0 atom stereocenters. The van der Waals surface area contributed by atoms with Gasteiger partial charge in [-0.05, 0) is 43.3 Å². The van der Waals surface area contributed by atoms with Gasteiger partial charge in [0.2, 0.25) is 0 Å². The Bertz CT molecular complexity index is 709. The lowest BCUT2D eigenvalue weighted by molar-refractivity contribution is 0.0929. The highest BCUT2D eigenvalue weighted by atomic mass is 35.5. The number of nitrogens with one attached hydrogen (secondary N) is 3. The molecule has 3 N–H and O–H groups in total. The maximum absolute atomic E-state index is 12.5. The highest BCUT2D eigenvalue weighted by Crippen LogP contribution is 2.20. The molecule has 4 rings (SSSR count). The average molecular weight is 396 g/mol. The summed E-state index contributed by atoms with van der Waals surface area (Å²) >= 11 is 1.83. The molecule has 26 heavy (non-hydrogen) atoms. The summed E-state index contributed by atoms with van der Waals surface area (Å²) < 4.78 is 0. The van der Waals surface area contributed by atoms with E-state index in [1.807, 2.05) is 11.3 Å². The molecule has 2 aliphatic rings. The zero-order valence-corrected chi connectivity index (χ0v) is 16.4. The number of hydrogen-bond acceptors (Lipinski definition) is 5. The Kier molecular flexibility index (Phi) is 6.69. The van der Waals surface area contributed by atoms with Crippen LogP contribution >= 0.6 is 23.7 Å². The Morgan fingerprint density at radius 2 is 2.23 bits per heavy atom. The van der Waals surface area contributed by atoms with Crippen molar-refractivity contribution in [3.8, 4) is 0 Å². The second-order valence-electron chi connectivity index (χ2n) is 6.97. The number of carbonyl (C=O) groups is 1. The predicted molar refractivity (Wildman–Crippen MR) is 106 cm³/mol. The molecule has 0 unspecified atom stereocenters. The smallest absolute Gasteiger partial charge is 0.272 e. The molecule has 0 aliphatic carbocycles. The molecule has 8 heteroatoms. The van der Waals surface area contributed by atoms with Crippen LogP contribution in [0.25, 0.3) is 0 Å². The molecular weight excluding hydrogens is 370 g/mol. The van der Waals surface area contributed by atoms with Crippen molar-refractivity contribution < 1.29 is 4.79 Å². The topological polar surface area (TPSA) is 73.0 Å². The van der Waals surface area contributed by atoms with Gasteiger partial charge < -0.3 is 10.6 Å². The van der Waals surface area contributed by atoms with Gasteiger partial charge in [0.25, 0.3) is 5.91 Å². The second kappa shape index (κ2) is 8.99. The SMILES string of the molecule is Cl.O=C(NCC1CCN(Cc2cccs2)CC1)c1n[nH]c2c1CNCC2. The van der Waals surface area contributed by atoms with Gasteiger partial charge >= 0.3 is 0 Å². The third-order valence-electron chi connectivity index (χ3n) is 5.24. The first-order chi connectivity index (χ1) is 12.3. The van der Waals surface area contributed by atoms with Crippen molar-refractivity contribution in [3.05, 3.63) is 39.3 Å². The van der Waals surface area contributed by atoms with E-state index in [1.54, 1.807) is 0 Å². The fourth-order valence-corrected chi connectivity index (χ4v) is 4.45. The summed E-state index contributed by atoms with van der Waals surface area (Å²) in [4.78, 5) is 16.4. The first kappa shape index (κ1) is 19.4. The van der Waals surface area contributed by atoms with E-state index in [9.17, 15) is 4.79 Å². The number of amides is 1. The number of rotatable bonds is 5. The quantitative estimate of drug-likeness (QED) is 0.725. The minimum Gasteiger partial charge on any atom is -0.350 e. The molecule has 0 aromatic carbocycles. The Morgan fingerprint density at radius 1 is 1.38 bits per heavy atom. The van der Waals surface area contributed by atoms with Gasteiger partial charge in [-0.15, -0.1) is 23.7 Å². The molecule has 1 saturated heterocycles. The van der Waals surface area contributed by atoms with Gasteiger partial charge in [0.15, 0.2) is 5.69 Å². The van der Waals surface area contributed by atoms with Crippen LogP contribution < -0.4 is 10.6 Å². The van der Waals surface area contributed by atoms with Crippen molar-refractivity contribution in [2.24, 2.45) is 5.92 Å². The molecule has 2 aliphatic heterocycles. The number of piperidine rings is 1. The predicted octanol–water partition coefficient (Wildman–Crippen LogP) is 2.18. The zero-order valence-electron chi connectivity index (χ0n) is 14.8. The Labute approximate surface area is 164 Å². The minimum absolute atomic E-state index is 0. The number of halogens is 1. The maximum atomic E-state index is 12.5. The van der Waals surface area contributed by atoms with Crippen molar-refractivity contribution in [1.82, 2.24) is 25.7 Å². The molecule has 0 saturated carbocycles. The second-order valence-corrected chi connectivity index (χ2v) is 8.00. The van der Waals surface area contributed by atoms with Crippen molar-refractivity contribution in [2.45, 2.75) is 32.4 Å². The van der Waals surface area contributed by atoms with Gasteiger partial charge in [-0.1, -0.05) is 6.07 Å². The molecule has 1 amide bonds. The number of hydrogen-bond donors (Lipinski definition) is 3. The molecule has 2 aromatic heterocycles. The largest absolute Gasteiger partial charge is 0.350 e. The lowest BCUT2D eigenvalue weighted by Gasteiger charge is -2.31. The lowest BCUT2D eigenvalue weighted by atomic mass is 9.96. The minimum atomic E-state index is -0.0396. The van der Waals surface area contributed by atoms with Crippen LogP contribution in [0.3, 0.4) is 0 Å². The fourth-order valence-electron chi connectivity index (χ4n) is 3.71. The Morgan fingerprint density at radius 3 is 3.00 bits per heavy atom. The summed E-state index contributed by atoms with van der Waals surface area (Å²) in [7, 11) is 0. The van der Waals surface area contributed by atoms with E-state index in [0.29, 0.717) is 11.6 Å². The van der Waals surface area contributed by atoms with Crippen molar-refractivity contribution in [3.63, 3.8) is 0 Å². The van der Waals surface area contributed by atoms with Crippen LogP contribution in [0.1, 0.15) is 39.5 Å². The fraction of sp³-hybridized carbons (Fsp3) is 0.556. The molecule has 0 radical (unpaired) electrons. The van der Waals surface area contributed by atoms with Crippen molar-refractivity contribution in [1.29, 1.82) is 0 Å². The third kappa shape index (κ3) is 4.46. The number of aromatic nitrogens is 2. The Hall–Kier alpha value is -1.41. The molecule has 142 valence electrons. The van der Waals surface area contributed by atoms with E-state index in [0.717, 1.165) is 69.8 Å². The van der Waals surface area contributed by atoms with Crippen molar-refractivity contribution >= 4 is 29.7 Å². The molecule has 2 aromatic rings. The molecular formula is C18H26ClN5OS. The average Bonchev–Trinajstić information content (AvgIpc) is 3.30. The third-order valence-corrected chi connectivity index (χ3v) is 6.10. The van der Waals surface area contributed by atoms with Gasteiger partial charge in [0.05, 0.1) is 0 Å². The molecule has 0 bridgehead atoms. The zero-order chi connectivity index (χ0) is 17.1. The van der Waals surface area contributed by atoms with Gasteiger partial charge in [-0.2, -0.15) is 5.10 Å². The number of H-pyrrole nitrogens is 1. The Balaban J connectivity index is 0.00000196. The molecule has 0 spiro atoms. The van der Waals surface area contributed by atoms with Crippen LogP contribution in [0.2, 0.25) is 0 Å². The summed E-state index contributed by atoms with van der Waals surface area (Å²) in [6.07, 6.45) is 3.20. The molecule has 6 nitrogen and oxygen atoms in total. The van der Waals surface area contributed by atoms with Gasteiger partial charge in [0.1, 0.15) is 0 Å². The standard InChI is InChI=1S/C18H25N5OS.ClH/c24-18(17-15-11-19-6-3-16(15)21-22-17)20-10-13-4-7-23(8-5-13)12-14-2-1-9-25-14;/h1-2,9,13,19H,3-8,10-12H2,(H,20,24)(H,21,22);1H. The van der Waals surface area contributed by atoms with Crippen LogP contribution in [0.15, 0.2) is 17.5 Å². The van der Waals surface area contributed by atoms with Gasteiger partial charge in [-0.3, -0.25) is 14.8 Å². The van der Waals surface area contributed by atoms with Crippen LogP contribution in [0.5, 0.6) is 0 Å². The van der Waals surface area contributed by atoms with Crippen molar-refractivity contribution in [2.75, 3.05) is 26.2 Å². The monoisotopic (exact) mass is 395 g/mol. The lowest BCUT2D eigenvalue weighted by Crippen LogP contribution is -2.38. The molecule has 1 fully saturated rings. The van der Waals surface area contributed by atoms with E-state index in [1.165, 1.54) is 4.88 Å². The summed E-state index contributed by atoms with van der Waals surface area (Å²) in [5.74, 6) is 0.527. The number of carbonyl (C=O) groups excluding carboxylic acids is 1. The van der Waals surface area contributed by atoms with Crippen LogP contribution in [0.4, 0.5) is 0 Å². The van der Waals surface area contributed by atoms with E-state index < -0.39 is 0 Å². The maximum Gasteiger partial charge on any atom is 0.272 e. The van der Waals surface area contributed by atoms with Gasteiger partial charge in [-0.25, -0.2) is 0 Å². The highest BCUT2D eigenvalue weighted by Gasteiger charge is 2.23. The van der Waals surface area contributed by atoms with Crippen LogP contribution in [-0.2, 0) is 19.5 Å². The summed E-state index contributed by atoms with van der Waals surface area (Å²) in [5, 5.41) is 15.8. The number of likely N-dealkylation sites (tertiary alicyclic amines) is 1. The number of aromatic amines is 1.